The van der Waals surface area contributed by atoms with Crippen LogP contribution in [0.2, 0.25) is 0 Å². The Hall–Kier alpha value is -0.870. The third kappa shape index (κ3) is 2.83. The molecule has 0 aliphatic carbocycles. The minimum absolute atomic E-state index is 0.223. The Kier molecular flexibility index (Phi) is 3.61. The first-order valence-electron chi connectivity index (χ1n) is 4.71. The molecule has 1 heterocycles. The zero-order valence-corrected chi connectivity index (χ0v) is 11.0. The van der Waals surface area contributed by atoms with E-state index in [0.29, 0.717) is 0 Å². The first kappa shape index (κ1) is 11.6. The molecule has 2 rings (SSSR count). The highest BCUT2D eigenvalue weighted by Crippen LogP contribution is 2.28. The van der Waals surface area contributed by atoms with Gasteiger partial charge in [0, 0.05) is 15.6 Å². The molecule has 0 saturated carbocycles. The molecule has 0 aliphatic heterocycles. The fourth-order valence-corrected chi connectivity index (χ4v) is 2.34. The highest BCUT2D eigenvalue weighted by atomic mass is 79.9. The summed E-state index contributed by atoms with van der Waals surface area (Å²) in [5.41, 5.74) is 1.12. The maximum absolute atomic E-state index is 13.0. The first-order chi connectivity index (χ1) is 7.65. The van der Waals surface area contributed by atoms with Crippen LogP contribution in [-0.4, -0.2) is 4.98 Å². The summed E-state index contributed by atoms with van der Waals surface area (Å²) in [5.74, 6) is -0.223. The second-order valence-electron chi connectivity index (χ2n) is 3.33. The van der Waals surface area contributed by atoms with E-state index in [2.05, 4.69) is 20.9 Å². The van der Waals surface area contributed by atoms with E-state index in [0.717, 1.165) is 20.0 Å². The van der Waals surface area contributed by atoms with E-state index in [-0.39, 0.29) is 5.82 Å². The molecule has 0 unspecified atom stereocenters. The number of hydrogen-bond acceptors (Lipinski definition) is 2. The molecular weight excluding hydrogens is 289 g/mol. The molecule has 0 bridgehead atoms. The van der Waals surface area contributed by atoms with Crippen LogP contribution in [0.5, 0.6) is 0 Å². The van der Waals surface area contributed by atoms with Gasteiger partial charge in [0.2, 0.25) is 0 Å². The van der Waals surface area contributed by atoms with Gasteiger partial charge in [0.25, 0.3) is 0 Å². The fourth-order valence-electron chi connectivity index (χ4n) is 1.22. The number of benzene rings is 1. The molecule has 16 heavy (non-hydrogen) atoms. The van der Waals surface area contributed by atoms with Crippen molar-refractivity contribution in [1.29, 1.82) is 0 Å². The summed E-state index contributed by atoms with van der Waals surface area (Å²) in [7, 11) is 0. The Morgan fingerprint density at radius 2 is 2.12 bits per heavy atom. The topological polar surface area (TPSA) is 12.9 Å². The van der Waals surface area contributed by atoms with Crippen molar-refractivity contribution in [3.05, 3.63) is 52.4 Å². The molecule has 1 nitrogen and oxygen atoms in total. The zero-order chi connectivity index (χ0) is 11.5. The Morgan fingerprint density at radius 1 is 1.31 bits per heavy atom. The number of aryl methyl sites for hydroxylation is 1. The van der Waals surface area contributed by atoms with Crippen molar-refractivity contribution in [3.8, 4) is 0 Å². The van der Waals surface area contributed by atoms with Crippen molar-refractivity contribution < 1.29 is 4.39 Å². The summed E-state index contributed by atoms with van der Waals surface area (Å²) in [4.78, 5) is 5.11. The molecule has 1 aromatic heterocycles. The average molecular weight is 298 g/mol. The predicted molar refractivity (Wildman–Crippen MR) is 67.2 cm³/mol. The van der Waals surface area contributed by atoms with Crippen LogP contribution in [0.3, 0.4) is 0 Å². The van der Waals surface area contributed by atoms with Crippen LogP contribution in [0.15, 0.2) is 50.9 Å². The SMILES string of the molecule is Cc1cc(Sc2cccc(F)c2)ncc1Br. The van der Waals surface area contributed by atoms with Crippen LogP contribution in [0.1, 0.15) is 5.56 Å². The molecule has 0 aliphatic rings. The van der Waals surface area contributed by atoms with Gasteiger partial charge in [-0.2, -0.15) is 0 Å². The molecule has 1 aromatic carbocycles. The maximum Gasteiger partial charge on any atom is 0.124 e. The Balaban J connectivity index is 2.24. The lowest BCUT2D eigenvalue weighted by Crippen LogP contribution is -1.84. The van der Waals surface area contributed by atoms with Crippen molar-refractivity contribution >= 4 is 27.7 Å². The molecule has 0 atom stereocenters. The molecule has 2 aromatic rings. The molecular formula is C12H9BrFNS. The number of halogens is 2. The molecule has 0 radical (unpaired) electrons. The Morgan fingerprint density at radius 3 is 2.81 bits per heavy atom. The van der Waals surface area contributed by atoms with E-state index in [1.165, 1.54) is 23.9 Å². The molecule has 4 heteroatoms. The van der Waals surface area contributed by atoms with Gasteiger partial charge in [0.05, 0.1) is 0 Å². The van der Waals surface area contributed by atoms with E-state index in [1.807, 2.05) is 19.1 Å². The summed E-state index contributed by atoms with van der Waals surface area (Å²) < 4.78 is 14.0. The smallest absolute Gasteiger partial charge is 0.124 e. The van der Waals surface area contributed by atoms with Crippen LogP contribution in [0, 0.1) is 12.7 Å². The third-order valence-electron chi connectivity index (χ3n) is 2.04. The summed E-state index contributed by atoms with van der Waals surface area (Å²) in [5, 5.41) is 0.867. The number of pyridine rings is 1. The molecule has 0 saturated heterocycles. The summed E-state index contributed by atoms with van der Waals surface area (Å²) in [6.45, 7) is 2.00. The number of aromatic nitrogens is 1. The Bertz CT molecular complexity index is 516. The lowest BCUT2D eigenvalue weighted by molar-refractivity contribution is 0.624. The average Bonchev–Trinajstić information content (AvgIpc) is 2.24. The molecule has 0 spiro atoms. The van der Waals surface area contributed by atoms with Gasteiger partial charge in [-0.1, -0.05) is 17.8 Å². The highest BCUT2D eigenvalue weighted by molar-refractivity contribution is 9.10. The van der Waals surface area contributed by atoms with Crippen LogP contribution in [-0.2, 0) is 0 Å². The molecule has 0 fully saturated rings. The van der Waals surface area contributed by atoms with Gasteiger partial charge in [0.15, 0.2) is 0 Å². The van der Waals surface area contributed by atoms with Gasteiger partial charge in [0.1, 0.15) is 10.8 Å². The van der Waals surface area contributed by atoms with Gasteiger partial charge in [-0.25, -0.2) is 9.37 Å². The lowest BCUT2D eigenvalue weighted by Gasteiger charge is -2.03. The fraction of sp³-hybridized carbons (Fsp3) is 0.0833. The zero-order valence-electron chi connectivity index (χ0n) is 8.58. The quantitative estimate of drug-likeness (QED) is 0.813. The lowest BCUT2D eigenvalue weighted by atomic mass is 10.3. The van der Waals surface area contributed by atoms with Crippen molar-refractivity contribution in [2.75, 3.05) is 0 Å². The van der Waals surface area contributed by atoms with E-state index < -0.39 is 0 Å². The van der Waals surface area contributed by atoms with Crippen molar-refractivity contribution in [1.82, 2.24) is 4.98 Å². The highest BCUT2D eigenvalue weighted by Gasteiger charge is 2.02. The van der Waals surface area contributed by atoms with Crippen molar-refractivity contribution in [2.24, 2.45) is 0 Å². The van der Waals surface area contributed by atoms with Crippen molar-refractivity contribution in [3.63, 3.8) is 0 Å². The minimum Gasteiger partial charge on any atom is -0.248 e. The van der Waals surface area contributed by atoms with Gasteiger partial charge in [-0.3, -0.25) is 0 Å². The van der Waals surface area contributed by atoms with E-state index in [4.69, 9.17) is 0 Å². The van der Waals surface area contributed by atoms with E-state index in [9.17, 15) is 4.39 Å². The van der Waals surface area contributed by atoms with Gasteiger partial charge in [-0.15, -0.1) is 0 Å². The molecule has 0 amide bonds. The standard InChI is InChI=1S/C12H9BrFNS/c1-8-5-12(15-7-11(8)13)16-10-4-2-3-9(14)6-10/h2-7H,1H3. The van der Waals surface area contributed by atoms with Gasteiger partial charge >= 0.3 is 0 Å². The third-order valence-corrected chi connectivity index (χ3v) is 3.79. The Labute approximate surface area is 106 Å². The van der Waals surface area contributed by atoms with Gasteiger partial charge < -0.3 is 0 Å². The molecule has 0 N–H and O–H groups in total. The second kappa shape index (κ2) is 4.97. The number of nitrogens with zero attached hydrogens (tertiary/aromatic N) is 1. The number of rotatable bonds is 2. The van der Waals surface area contributed by atoms with Crippen LogP contribution in [0.25, 0.3) is 0 Å². The number of hydrogen-bond donors (Lipinski definition) is 0. The van der Waals surface area contributed by atoms with Crippen LogP contribution >= 0.6 is 27.7 Å². The van der Waals surface area contributed by atoms with Crippen LogP contribution in [0.4, 0.5) is 4.39 Å². The van der Waals surface area contributed by atoms with Crippen molar-refractivity contribution in [2.45, 2.75) is 16.8 Å². The minimum atomic E-state index is -0.223. The normalized spacial score (nSPS) is 10.4. The maximum atomic E-state index is 13.0. The molecule has 82 valence electrons. The summed E-state index contributed by atoms with van der Waals surface area (Å²) in [6.07, 6.45) is 1.76. The van der Waals surface area contributed by atoms with E-state index >= 15 is 0 Å². The predicted octanol–water partition coefficient (Wildman–Crippen LogP) is 4.44. The summed E-state index contributed by atoms with van der Waals surface area (Å²) >= 11 is 4.85. The largest absolute Gasteiger partial charge is 0.248 e. The van der Waals surface area contributed by atoms with Gasteiger partial charge in [-0.05, 0) is 52.7 Å². The van der Waals surface area contributed by atoms with Crippen LogP contribution < -0.4 is 0 Å². The van der Waals surface area contributed by atoms with E-state index in [1.54, 1.807) is 12.3 Å². The second-order valence-corrected chi connectivity index (χ2v) is 5.28. The first-order valence-corrected chi connectivity index (χ1v) is 6.31. The summed E-state index contributed by atoms with van der Waals surface area (Å²) in [6, 6.07) is 8.48. The monoisotopic (exact) mass is 297 g/mol.